The summed E-state index contributed by atoms with van der Waals surface area (Å²) < 4.78 is 13.1. The highest BCUT2D eigenvalue weighted by Crippen LogP contribution is 2.31. The molecule has 25 heavy (non-hydrogen) atoms. The van der Waals surface area contributed by atoms with E-state index in [9.17, 15) is 14.0 Å². The van der Waals surface area contributed by atoms with Crippen molar-refractivity contribution in [2.24, 2.45) is 0 Å². The van der Waals surface area contributed by atoms with Crippen molar-refractivity contribution >= 4 is 12.3 Å². The van der Waals surface area contributed by atoms with Crippen LogP contribution in [0.1, 0.15) is 43.0 Å². The van der Waals surface area contributed by atoms with E-state index in [-0.39, 0.29) is 23.3 Å². The monoisotopic (exact) mass is 347 g/mol. The number of hydrogen-bond acceptors (Lipinski definition) is 3. The molecule has 1 N–H and O–H groups in total. The molecule has 1 aromatic carbocycles. The number of rotatable bonds is 4. The van der Waals surface area contributed by atoms with Gasteiger partial charge in [-0.15, -0.1) is 0 Å². The minimum atomic E-state index is -0.350. The summed E-state index contributed by atoms with van der Waals surface area (Å²) in [6, 6.07) is 5.62. The summed E-state index contributed by atoms with van der Waals surface area (Å²) in [7, 11) is 0. The lowest BCUT2D eigenvalue weighted by atomic mass is 9.78. The molecule has 6 heteroatoms. The van der Waals surface area contributed by atoms with Crippen LogP contribution in [-0.2, 0) is 4.79 Å². The molecule has 136 valence electrons. The van der Waals surface area contributed by atoms with Crippen molar-refractivity contribution < 1.29 is 14.0 Å². The summed E-state index contributed by atoms with van der Waals surface area (Å²) in [5.74, 6) is -0.450. The van der Waals surface area contributed by atoms with Gasteiger partial charge in [-0.1, -0.05) is 13.3 Å². The Balaban J connectivity index is 1.81. The predicted octanol–water partition coefficient (Wildman–Crippen LogP) is 2.03. The first-order chi connectivity index (χ1) is 12.1. The zero-order chi connectivity index (χ0) is 17.9. The first-order valence-corrected chi connectivity index (χ1v) is 9.10. The molecule has 2 atom stereocenters. The fraction of sp³-hybridized carbons (Fsp3) is 0.579. The van der Waals surface area contributed by atoms with E-state index in [4.69, 9.17) is 0 Å². The summed E-state index contributed by atoms with van der Waals surface area (Å²) in [5, 5.41) is 3.63. The molecule has 1 unspecified atom stereocenters. The number of amides is 2. The lowest BCUT2D eigenvalue weighted by Gasteiger charge is -2.51. The summed E-state index contributed by atoms with van der Waals surface area (Å²) >= 11 is 0. The van der Waals surface area contributed by atoms with E-state index in [0.29, 0.717) is 25.2 Å². The molecule has 2 fully saturated rings. The van der Waals surface area contributed by atoms with Crippen molar-refractivity contribution in [2.75, 3.05) is 26.2 Å². The lowest BCUT2D eigenvalue weighted by molar-refractivity contribution is -0.125. The van der Waals surface area contributed by atoms with E-state index < -0.39 is 0 Å². The van der Waals surface area contributed by atoms with Gasteiger partial charge in [0.05, 0.1) is 6.04 Å². The van der Waals surface area contributed by atoms with E-state index in [1.165, 1.54) is 24.3 Å². The second-order valence-electron chi connectivity index (χ2n) is 7.01. The smallest absolute Gasteiger partial charge is 0.253 e. The Hall–Kier alpha value is -1.95. The predicted molar refractivity (Wildman–Crippen MR) is 93.7 cm³/mol. The van der Waals surface area contributed by atoms with Crippen LogP contribution in [0.4, 0.5) is 4.39 Å². The lowest BCUT2D eigenvalue weighted by Crippen LogP contribution is -2.68. The SMILES string of the molecule is CC[C@@]1(C2CN(C(=O)c3ccc(F)cc3)CCN2C=O)CCCCN1. The van der Waals surface area contributed by atoms with Crippen LogP contribution in [0, 0.1) is 5.82 Å². The average molecular weight is 347 g/mol. The molecule has 2 heterocycles. The van der Waals surface area contributed by atoms with Crippen LogP contribution in [0.15, 0.2) is 24.3 Å². The molecule has 2 aliphatic heterocycles. The van der Waals surface area contributed by atoms with Gasteiger partial charge in [0.2, 0.25) is 6.41 Å². The molecule has 0 spiro atoms. The highest BCUT2D eigenvalue weighted by molar-refractivity contribution is 5.94. The van der Waals surface area contributed by atoms with Crippen molar-refractivity contribution in [3.05, 3.63) is 35.6 Å². The molecule has 0 saturated carbocycles. The van der Waals surface area contributed by atoms with Crippen molar-refractivity contribution in [1.82, 2.24) is 15.1 Å². The minimum absolute atomic E-state index is 0.0338. The highest BCUT2D eigenvalue weighted by Gasteiger charge is 2.44. The Kier molecular flexibility index (Phi) is 5.37. The first-order valence-electron chi connectivity index (χ1n) is 9.10. The third kappa shape index (κ3) is 3.54. The van der Waals surface area contributed by atoms with Gasteiger partial charge in [0.1, 0.15) is 5.82 Å². The van der Waals surface area contributed by atoms with Crippen LogP contribution in [-0.4, -0.2) is 59.9 Å². The number of carbonyl (C=O) groups excluding carboxylic acids is 2. The van der Waals surface area contributed by atoms with Gasteiger partial charge in [-0.25, -0.2) is 4.39 Å². The number of benzene rings is 1. The van der Waals surface area contributed by atoms with Crippen LogP contribution >= 0.6 is 0 Å². The van der Waals surface area contributed by atoms with Gasteiger partial charge in [0.25, 0.3) is 5.91 Å². The molecule has 0 radical (unpaired) electrons. The quantitative estimate of drug-likeness (QED) is 0.848. The molecule has 0 aromatic heterocycles. The van der Waals surface area contributed by atoms with Crippen molar-refractivity contribution in [1.29, 1.82) is 0 Å². The summed E-state index contributed by atoms with van der Waals surface area (Å²) in [6.45, 7) is 4.64. The normalized spacial score (nSPS) is 27.2. The van der Waals surface area contributed by atoms with Crippen LogP contribution in [0.25, 0.3) is 0 Å². The molecule has 3 rings (SSSR count). The van der Waals surface area contributed by atoms with Gasteiger partial charge in [-0.2, -0.15) is 0 Å². The summed E-state index contributed by atoms with van der Waals surface area (Å²) in [5.41, 5.74) is 0.350. The van der Waals surface area contributed by atoms with E-state index in [1.807, 2.05) is 4.90 Å². The van der Waals surface area contributed by atoms with E-state index in [2.05, 4.69) is 12.2 Å². The highest BCUT2D eigenvalue weighted by atomic mass is 19.1. The van der Waals surface area contributed by atoms with E-state index in [0.717, 1.165) is 38.6 Å². The van der Waals surface area contributed by atoms with Crippen LogP contribution in [0.3, 0.4) is 0 Å². The zero-order valence-electron chi connectivity index (χ0n) is 14.7. The number of halogens is 1. The summed E-state index contributed by atoms with van der Waals surface area (Å²) in [6.07, 6.45) is 5.12. The number of nitrogens with zero attached hydrogens (tertiary/aromatic N) is 2. The number of piperazine rings is 1. The van der Waals surface area contributed by atoms with Crippen LogP contribution in [0.5, 0.6) is 0 Å². The number of piperidine rings is 1. The van der Waals surface area contributed by atoms with Gasteiger partial charge in [-0.05, 0) is 50.1 Å². The fourth-order valence-corrected chi connectivity index (χ4v) is 4.19. The molecule has 0 bridgehead atoms. The first kappa shape index (κ1) is 17.9. The Morgan fingerprint density at radius 1 is 1.32 bits per heavy atom. The zero-order valence-corrected chi connectivity index (χ0v) is 14.7. The fourth-order valence-electron chi connectivity index (χ4n) is 4.19. The number of nitrogens with one attached hydrogen (secondary N) is 1. The Morgan fingerprint density at radius 2 is 2.08 bits per heavy atom. The number of carbonyl (C=O) groups is 2. The molecular formula is C19H26FN3O2. The third-order valence-corrected chi connectivity index (χ3v) is 5.73. The molecule has 0 aliphatic carbocycles. The second kappa shape index (κ2) is 7.52. The molecular weight excluding hydrogens is 321 g/mol. The maximum Gasteiger partial charge on any atom is 0.253 e. The largest absolute Gasteiger partial charge is 0.337 e. The van der Waals surface area contributed by atoms with Gasteiger partial charge in [0.15, 0.2) is 0 Å². The maximum absolute atomic E-state index is 13.1. The average Bonchev–Trinajstić information content (AvgIpc) is 2.68. The number of hydrogen-bond donors (Lipinski definition) is 1. The Labute approximate surface area is 148 Å². The van der Waals surface area contributed by atoms with E-state index >= 15 is 0 Å². The summed E-state index contributed by atoms with van der Waals surface area (Å²) in [4.78, 5) is 28.1. The topological polar surface area (TPSA) is 52.7 Å². The molecule has 2 aliphatic rings. The van der Waals surface area contributed by atoms with Gasteiger partial charge < -0.3 is 15.1 Å². The van der Waals surface area contributed by atoms with Crippen LogP contribution in [0.2, 0.25) is 0 Å². The Bertz CT molecular complexity index is 614. The standard InChI is InChI=1S/C19H26FN3O2/c1-2-19(9-3-4-10-21-19)17-13-22(11-12-23(17)14-24)18(25)15-5-7-16(20)8-6-15/h5-8,14,17,21H,2-4,9-13H2,1H3/t17?,19-/m0/s1. The van der Waals surface area contributed by atoms with Gasteiger partial charge in [-0.3, -0.25) is 9.59 Å². The van der Waals surface area contributed by atoms with Gasteiger partial charge in [0, 0.05) is 30.7 Å². The molecule has 2 amide bonds. The van der Waals surface area contributed by atoms with Crippen molar-refractivity contribution in [3.63, 3.8) is 0 Å². The molecule has 5 nitrogen and oxygen atoms in total. The van der Waals surface area contributed by atoms with E-state index in [1.54, 1.807) is 4.90 Å². The third-order valence-electron chi connectivity index (χ3n) is 5.73. The molecule has 2 saturated heterocycles. The second-order valence-corrected chi connectivity index (χ2v) is 7.01. The van der Waals surface area contributed by atoms with Crippen molar-refractivity contribution in [2.45, 2.75) is 44.2 Å². The molecule has 1 aromatic rings. The minimum Gasteiger partial charge on any atom is -0.337 e. The van der Waals surface area contributed by atoms with Crippen LogP contribution < -0.4 is 5.32 Å². The maximum atomic E-state index is 13.1. The van der Waals surface area contributed by atoms with Gasteiger partial charge >= 0.3 is 0 Å². The van der Waals surface area contributed by atoms with Crippen molar-refractivity contribution in [3.8, 4) is 0 Å². The Morgan fingerprint density at radius 3 is 2.68 bits per heavy atom.